The summed E-state index contributed by atoms with van der Waals surface area (Å²) in [6, 6.07) is 19.5. The first-order valence-corrected chi connectivity index (χ1v) is 13.2. The molecule has 4 nitrogen and oxygen atoms in total. The van der Waals surface area contributed by atoms with E-state index in [1.807, 2.05) is 37.8 Å². The smallest absolute Gasteiger partial charge is 0.410 e. The van der Waals surface area contributed by atoms with Gasteiger partial charge in [0.2, 0.25) is 0 Å². The third kappa shape index (κ3) is 6.69. The topological polar surface area (TPSA) is 32.8 Å². The Morgan fingerprint density at radius 3 is 2.26 bits per heavy atom. The summed E-state index contributed by atoms with van der Waals surface area (Å²) < 4.78 is 5.75. The molecule has 184 valence electrons. The second kappa shape index (κ2) is 11.0. The van der Waals surface area contributed by atoms with Crippen LogP contribution in [0.3, 0.4) is 0 Å². The van der Waals surface area contributed by atoms with Crippen LogP contribution in [-0.2, 0) is 11.2 Å². The monoisotopic (exact) mass is 482 g/mol. The summed E-state index contributed by atoms with van der Waals surface area (Å²) in [5.74, 6) is 0.777. The molecule has 1 aliphatic carbocycles. The summed E-state index contributed by atoms with van der Waals surface area (Å²) in [5, 5.41) is 0.770. The first-order chi connectivity index (χ1) is 16.3. The van der Waals surface area contributed by atoms with Gasteiger partial charge in [0, 0.05) is 36.4 Å². The van der Waals surface area contributed by atoms with Gasteiger partial charge in [0.05, 0.1) is 0 Å². The zero-order valence-electron chi connectivity index (χ0n) is 20.9. The van der Waals surface area contributed by atoms with Gasteiger partial charge in [0.15, 0.2) is 0 Å². The molecule has 2 aromatic carbocycles. The lowest BCUT2D eigenvalue weighted by molar-refractivity contribution is 0.0284. The van der Waals surface area contributed by atoms with Crippen LogP contribution in [0.25, 0.3) is 0 Å². The van der Waals surface area contributed by atoms with Crippen molar-refractivity contribution in [1.29, 1.82) is 0 Å². The highest BCUT2D eigenvalue weighted by atomic mass is 35.5. The number of amides is 1. The number of ether oxygens (including phenoxy) is 1. The normalized spacial score (nSPS) is 21.5. The molecule has 2 fully saturated rings. The van der Waals surface area contributed by atoms with Crippen molar-refractivity contribution in [2.24, 2.45) is 11.8 Å². The van der Waals surface area contributed by atoms with Crippen LogP contribution < -0.4 is 4.90 Å². The maximum Gasteiger partial charge on any atom is 0.410 e. The molecule has 34 heavy (non-hydrogen) atoms. The van der Waals surface area contributed by atoms with Gasteiger partial charge < -0.3 is 14.5 Å². The van der Waals surface area contributed by atoms with Crippen molar-refractivity contribution in [2.45, 2.75) is 70.9 Å². The highest BCUT2D eigenvalue weighted by Crippen LogP contribution is 2.34. The predicted octanol–water partition coefficient (Wildman–Crippen LogP) is 7.20. The van der Waals surface area contributed by atoms with E-state index in [9.17, 15) is 4.79 Å². The van der Waals surface area contributed by atoms with E-state index in [2.05, 4.69) is 47.4 Å². The van der Waals surface area contributed by atoms with Crippen LogP contribution in [0, 0.1) is 11.8 Å². The highest BCUT2D eigenvalue weighted by molar-refractivity contribution is 6.30. The minimum Gasteiger partial charge on any atom is -0.444 e. The number of hydrogen-bond acceptors (Lipinski definition) is 3. The molecule has 0 aromatic heterocycles. The first kappa shape index (κ1) is 24.9. The van der Waals surface area contributed by atoms with Gasteiger partial charge in [0.25, 0.3) is 0 Å². The van der Waals surface area contributed by atoms with Crippen molar-refractivity contribution in [2.75, 3.05) is 24.5 Å². The van der Waals surface area contributed by atoms with Crippen LogP contribution in [0.1, 0.15) is 58.4 Å². The molecular formula is C29H39ClN2O2. The predicted molar refractivity (Wildman–Crippen MR) is 141 cm³/mol. The molecule has 5 heteroatoms. The fourth-order valence-corrected chi connectivity index (χ4v) is 5.64. The van der Waals surface area contributed by atoms with Gasteiger partial charge in [-0.2, -0.15) is 0 Å². The van der Waals surface area contributed by atoms with Crippen LogP contribution in [0.15, 0.2) is 54.6 Å². The molecule has 1 amide bonds. The van der Waals surface area contributed by atoms with Crippen molar-refractivity contribution in [3.63, 3.8) is 0 Å². The summed E-state index contributed by atoms with van der Waals surface area (Å²) in [4.78, 5) is 17.5. The zero-order valence-corrected chi connectivity index (χ0v) is 21.6. The van der Waals surface area contributed by atoms with Crippen LogP contribution in [0.4, 0.5) is 10.5 Å². The fourth-order valence-electron chi connectivity index (χ4n) is 5.51. The van der Waals surface area contributed by atoms with Crippen molar-refractivity contribution in [1.82, 2.24) is 4.90 Å². The lowest BCUT2D eigenvalue weighted by atomic mass is 9.87. The number of anilines is 1. The number of hydrogen-bond donors (Lipinski definition) is 0. The van der Waals surface area contributed by atoms with Gasteiger partial charge in [0.1, 0.15) is 5.60 Å². The van der Waals surface area contributed by atoms with E-state index in [0.29, 0.717) is 17.9 Å². The van der Waals surface area contributed by atoms with E-state index in [1.165, 1.54) is 43.4 Å². The SMILES string of the molecule is CC(C)(C)OC(=O)N1CC(Cc2ccccc2)C(CN(c2ccc(Cl)cc2)C2CCCCC2)C1. The first-order valence-electron chi connectivity index (χ1n) is 12.8. The van der Waals surface area contributed by atoms with E-state index in [1.54, 1.807) is 0 Å². The molecule has 1 aliphatic heterocycles. The van der Waals surface area contributed by atoms with Gasteiger partial charge >= 0.3 is 6.09 Å². The number of nitrogens with zero attached hydrogens (tertiary/aromatic N) is 2. The average molecular weight is 483 g/mol. The molecule has 1 saturated heterocycles. The summed E-state index contributed by atoms with van der Waals surface area (Å²) >= 11 is 6.22. The molecule has 2 atom stereocenters. The molecule has 0 spiro atoms. The Labute approximate surface area is 210 Å². The van der Waals surface area contributed by atoms with Gasteiger partial charge in [-0.15, -0.1) is 0 Å². The van der Waals surface area contributed by atoms with Crippen LogP contribution in [0.5, 0.6) is 0 Å². The number of rotatable bonds is 6. The van der Waals surface area contributed by atoms with Crippen LogP contribution in [-0.4, -0.2) is 42.3 Å². The Hall–Kier alpha value is -2.20. The largest absolute Gasteiger partial charge is 0.444 e. The number of likely N-dealkylation sites (tertiary alicyclic amines) is 1. The van der Waals surface area contributed by atoms with Crippen LogP contribution >= 0.6 is 11.6 Å². The molecule has 1 heterocycles. The quantitative estimate of drug-likeness (QED) is 0.436. The summed E-state index contributed by atoms with van der Waals surface area (Å²) in [5.41, 5.74) is 2.09. The Bertz CT molecular complexity index is 919. The van der Waals surface area contributed by atoms with E-state index in [4.69, 9.17) is 16.3 Å². The second-order valence-electron chi connectivity index (χ2n) is 11.0. The molecular weight excluding hydrogens is 444 g/mol. The maximum absolute atomic E-state index is 13.0. The number of carbonyl (C=O) groups excluding carboxylic acids is 1. The summed E-state index contributed by atoms with van der Waals surface area (Å²) in [6.45, 7) is 8.24. The van der Waals surface area contributed by atoms with Gasteiger partial charge in [-0.3, -0.25) is 0 Å². The van der Waals surface area contributed by atoms with E-state index < -0.39 is 5.60 Å². The van der Waals surface area contributed by atoms with Gasteiger partial charge in [-0.05, 0) is 81.7 Å². The molecule has 0 radical (unpaired) electrons. The zero-order chi connectivity index (χ0) is 24.1. The maximum atomic E-state index is 13.0. The highest BCUT2D eigenvalue weighted by Gasteiger charge is 2.39. The average Bonchev–Trinajstić information content (AvgIpc) is 3.21. The lowest BCUT2D eigenvalue weighted by Gasteiger charge is -2.39. The minimum absolute atomic E-state index is 0.191. The number of benzene rings is 2. The van der Waals surface area contributed by atoms with Gasteiger partial charge in [-0.25, -0.2) is 4.79 Å². The molecule has 2 aromatic rings. The standard InChI is InChI=1S/C29H39ClN2O2/c1-29(2,3)34-28(33)31-19-23(18-22-10-6-4-7-11-22)24(20-31)21-32(26-12-8-5-9-13-26)27-16-14-25(30)15-17-27/h4,6-7,10-11,14-17,23-24,26H,5,8-9,12-13,18-21H2,1-3H3. The Kier molecular flexibility index (Phi) is 8.08. The third-order valence-corrected chi connectivity index (χ3v) is 7.43. The summed E-state index contributed by atoms with van der Waals surface area (Å²) in [6.07, 6.45) is 7.15. The van der Waals surface area contributed by atoms with Crippen molar-refractivity contribution < 1.29 is 9.53 Å². The van der Waals surface area contributed by atoms with E-state index in [0.717, 1.165) is 31.1 Å². The molecule has 0 N–H and O–H groups in total. The molecule has 2 unspecified atom stereocenters. The second-order valence-corrected chi connectivity index (χ2v) is 11.5. The van der Waals surface area contributed by atoms with E-state index in [-0.39, 0.29) is 6.09 Å². The summed E-state index contributed by atoms with van der Waals surface area (Å²) in [7, 11) is 0. The Morgan fingerprint density at radius 1 is 0.971 bits per heavy atom. The molecule has 0 bridgehead atoms. The van der Waals surface area contributed by atoms with Crippen LogP contribution in [0.2, 0.25) is 5.02 Å². The fraction of sp³-hybridized carbons (Fsp3) is 0.552. The Balaban J connectivity index is 1.57. The van der Waals surface area contributed by atoms with Crippen molar-refractivity contribution >= 4 is 23.4 Å². The van der Waals surface area contributed by atoms with E-state index >= 15 is 0 Å². The minimum atomic E-state index is -0.485. The van der Waals surface area contributed by atoms with Crippen molar-refractivity contribution in [3.05, 3.63) is 65.2 Å². The van der Waals surface area contributed by atoms with Gasteiger partial charge in [-0.1, -0.05) is 61.2 Å². The van der Waals surface area contributed by atoms with Crippen molar-refractivity contribution in [3.8, 4) is 0 Å². The third-order valence-electron chi connectivity index (χ3n) is 7.17. The number of halogens is 1. The molecule has 4 rings (SSSR count). The number of carbonyl (C=O) groups is 1. The Morgan fingerprint density at radius 2 is 1.62 bits per heavy atom. The molecule has 1 saturated carbocycles. The lowest BCUT2D eigenvalue weighted by Crippen LogP contribution is -2.42. The molecule has 2 aliphatic rings.